The summed E-state index contributed by atoms with van der Waals surface area (Å²) in [5, 5.41) is 5.16. The van der Waals surface area contributed by atoms with Crippen LogP contribution in [0.5, 0.6) is 5.75 Å². The zero-order valence-electron chi connectivity index (χ0n) is 17.5. The highest BCUT2D eigenvalue weighted by Crippen LogP contribution is 2.24. The van der Waals surface area contributed by atoms with Gasteiger partial charge in [0, 0.05) is 13.0 Å². The smallest absolute Gasteiger partial charge is 0.243 e. The van der Waals surface area contributed by atoms with Crippen molar-refractivity contribution in [1.82, 2.24) is 10.0 Å². The van der Waals surface area contributed by atoms with E-state index in [1.165, 1.54) is 7.11 Å². The lowest BCUT2D eigenvalue weighted by Gasteiger charge is -2.12. The van der Waals surface area contributed by atoms with Crippen LogP contribution in [0.25, 0.3) is 0 Å². The second kappa shape index (κ2) is 10.2. The molecule has 3 N–H and O–H groups in total. The number of anilines is 1. The maximum atomic E-state index is 12.4. The summed E-state index contributed by atoms with van der Waals surface area (Å²) in [6, 6.07) is 10.5. The van der Waals surface area contributed by atoms with E-state index < -0.39 is 21.8 Å². The van der Waals surface area contributed by atoms with Crippen LogP contribution in [0.3, 0.4) is 0 Å². The van der Waals surface area contributed by atoms with Gasteiger partial charge in [0.2, 0.25) is 21.8 Å². The van der Waals surface area contributed by atoms with Crippen LogP contribution in [-0.2, 0) is 19.6 Å². The minimum absolute atomic E-state index is 0.0745. The van der Waals surface area contributed by atoms with Crippen LogP contribution in [0.4, 0.5) is 5.69 Å². The quantitative estimate of drug-likeness (QED) is 0.560. The third-order valence-electron chi connectivity index (χ3n) is 4.35. The predicted molar refractivity (Wildman–Crippen MR) is 115 cm³/mol. The zero-order chi connectivity index (χ0) is 22.3. The van der Waals surface area contributed by atoms with E-state index in [1.807, 2.05) is 26.0 Å². The van der Waals surface area contributed by atoms with Crippen molar-refractivity contribution in [2.75, 3.05) is 25.5 Å². The molecule has 0 aliphatic carbocycles. The fourth-order valence-electron chi connectivity index (χ4n) is 2.75. The molecule has 0 spiro atoms. The SMILES string of the molecule is COc1ccc(C)cc1NC(=O)CNC(=O)CCNS(=O)(=O)c1cc(C)ccc1C. The van der Waals surface area contributed by atoms with Crippen molar-refractivity contribution in [3.63, 3.8) is 0 Å². The first-order valence-corrected chi connectivity index (χ1v) is 10.9. The van der Waals surface area contributed by atoms with Crippen molar-refractivity contribution in [3.8, 4) is 5.75 Å². The number of amides is 2. The summed E-state index contributed by atoms with van der Waals surface area (Å²) in [7, 11) is -2.21. The molecule has 0 saturated carbocycles. The number of methoxy groups -OCH3 is 1. The van der Waals surface area contributed by atoms with E-state index in [9.17, 15) is 18.0 Å². The minimum atomic E-state index is -3.72. The average molecular weight is 434 g/mol. The maximum absolute atomic E-state index is 12.4. The maximum Gasteiger partial charge on any atom is 0.243 e. The van der Waals surface area contributed by atoms with Crippen molar-refractivity contribution in [2.24, 2.45) is 0 Å². The molecule has 0 aliphatic heterocycles. The number of rotatable bonds is 9. The van der Waals surface area contributed by atoms with Gasteiger partial charge >= 0.3 is 0 Å². The lowest BCUT2D eigenvalue weighted by Crippen LogP contribution is -2.35. The number of carbonyl (C=O) groups is 2. The highest BCUT2D eigenvalue weighted by molar-refractivity contribution is 7.89. The third-order valence-corrected chi connectivity index (χ3v) is 5.96. The zero-order valence-corrected chi connectivity index (χ0v) is 18.4. The van der Waals surface area contributed by atoms with Crippen LogP contribution in [-0.4, -0.2) is 40.4 Å². The highest BCUT2D eigenvalue weighted by Gasteiger charge is 2.17. The fourth-order valence-corrected chi connectivity index (χ4v) is 4.11. The van der Waals surface area contributed by atoms with Crippen LogP contribution >= 0.6 is 0 Å². The Kier molecular flexibility index (Phi) is 7.96. The summed E-state index contributed by atoms with van der Waals surface area (Å²) in [4.78, 5) is 24.3. The summed E-state index contributed by atoms with van der Waals surface area (Å²) >= 11 is 0. The molecule has 2 aromatic carbocycles. The van der Waals surface area contributed by atoms with Crippen LogP contribution in [0.1, 0.15) is 23.1 Å². The van der Waals surface area contributed by atoms with Gasteiger partial charge in [-0.3, -0.25) is 9.59 Å². The number of benzene rings is 2. The van der Waals surface area contributed by atoms with Crippen molar-refractivity contribution >= 4 is 27.5 Å². The Morgan fingerprint density at radius 3 is 2.33 bits per heavy atom. The Balaban J connectivity index is 1.82. The summed E-state index contributed by atoms with van der Waals surface area (Å²) in [6.07, 6.45) is -0.0921. The molecule has 0 bridgehead atoms. The number of ether oxygens (including phenoxy) is 1. The molecule has 0 saturated heterocycles. The van der Waals surface area contributed by atoms with Gasteiger partial charge < -0.3 is 15.4 Å². The Hall–Kier alpha value is -2.91. The number of hydrogen-bond donors (Lipinski definition) is 3. The molecule has 0 aliphatic rings. The van der Waals surface area contributed by atoms with Gasteiger partial charge in [0.15, 0.2) is 0 Å². The number of hydrogen-bond acceptors (Lipinski definition) is 5. The molecule has 8 nitrogen and oxygen atoms in total. The molecule has 2 rings (SSSR count). The molecule has 9 heteroatoms. The lowest BCUT2D eigenvalue weighted by molar-refractivity contribution is -0.124. The molecule has 2 amide bonds. The highest BCUT2D eigenvalue weighted by atomic mass is 32.2. The van der Waals surface area contributed by atoms with Gasteiger partial charge in [-0.2, -0.15) is 0 Å². The van der Waals surface area contributed by atoms with Crippen LogP contribution in [0.15, 0.2) is 41.3 Å². The minimum Gasteiger partial charge on any atom is -0.495 e. The molecule has 0 aromatic heterocycles. The average Bonchev–Trinajstić information content (AvgIpc) is 2.68. The summed E-state index contributed by atoms with van der Waals surface area (Å²) in [5.74, 6) is -0.339. The van der Waals surface area contributed by atoms with Gasteiger partial charge in [0.1, 0.15) is 5.75 Å². The monoisotopic (exact) mass is 433 g/mol. The van der Waals surface area contributed by atoms with Gasteiger partial charge in [0.05, 0.1) is 24.2 Å². The van der Waals surface area contributed by atoms with Crippen molar-refractivity contribution in [1.29, 1.82) is 0 Å². The van der Waals surface area contributed by atoms with Gasteiger partial charge in [-0.05, 0) is 55.7 Å². The Morgan fingerprint density at radius 2 is 1.63 bits per heavy atom. The molecule has 162 valence electrons. The second-order valence-electron chi connectivity index (χ2n) is 6.95. The topological polar surface area (TPSA) is 114 Å². The van der Waals surface area contributed by atoms with Crippen LogP contribution in [0.2, 0.25) is 0 Å². The van der Waals surface area contributed by atoms with Crippen molar-refractivity contribution < 1.29 is 22.7 Å². The number of nitrogens with one attached hydrogen (secondary N) is 3. The van der Waals surface area contributed by atoms with Crippen LogP contribution < -0.4 is 20.1 Å². The standard InChI is InChI=1S/C21H27N3O5S/c1-14-6-8-18(29-4)17(11-14)24-21(26)13-22-20(25)9-10-23-30(27,28)19-12-15(2)5-7-16(19)3/h5-8,11-12,23H,9-10,13H2,1-4H3,(H,22,25)(H,24,26). The molecule has 30 heavy (non-hydrogen) atoms. The summed E-state index contributed by atoms with van der Waals surface area (Å²) in [5.41, 5.74) is 2.92. The first-order chi connectivity index (χ1) is 14.1. The van der Waals surface area contributed by atoms with E-state index >= 15 is 0 Å². The number of sulfonamides is 1. The molecule has 0 heterocycles. The molecule has 0 radical (unpaired) electrons. The summed E-state index contributed by atoms with van der Waals surface area (Å²) < 4.78 is 32.5. The number of carbonyl (C=O) groups excluding carboxylic acids is 2. The van der Waals surface area contributed by atoms with E-state index in [0.717, 1.165) is 11.1 Å². The first kappa shape index (κ1) is 23.4. The van der Waals surface area contributed by atoms with E-state index in [0.29, 0.717) is 17.0 Å². The van der Waals surface area contributed by atoms with Gasteiger partial charge in [0.25, 0.3) is 0 Å². The molecular weight excluding hydrogens is 406 g/mol. The molecule has 0 unspecified atom stereocenters. The van der Waals surface area contributed by atoms with E-state index in [1.54, 1.807) is 31.2 Å². The normalized spacial score (nSPS) is 11.1. The largest absolute Gasteiger partial charge is 0.495 e. The fraction of sp³-hybridized carbons (Fsp3) is 0.333. The van der Waals surface area contributed by atoms with Gasteiger partial charge in [-0.15, -0.1) is 0 Å². The predicted octanol–water partition coefficient (Wildman–Crippen LogP) is 2.04. The third kappa shape index (κ3) is 6.57. The molecule has 0 atom stereocenters. The molecule has 0 fully saturated rings. The summed E-state index contributed by atoms with van der Waals surface area (Å²) in [6.45, 7) is 5.09. The van der Waals surface area contributed by atoms with E-state index in [4.69, 9.17) is 4.74 Å². The Morgan fingerprint density at radius 1 is 0.967 bits per heavy atom. The van der Waals surface area contributed by atoms with E-state index in [2.05, 4.69) is 15.4 Å². The first-order valence-electron chi connectivity index (χ1n) is 9.40. The van der Waals surface area contributed by atoms with Crippen molar-refractivity contribution in [2.45, 2.75) is 32.1 Å². The molecule has 2 aromatic rings. The Labute approximate surface area is 177 Å². The lowest BCUT2D eigenvalue weighted by atomic mass is 10.2. The molecular formula is C21H27N3O5S. The Bertz CT molecular complexity index is 1030. The number of aryl methyl sites for hydroxylation is 3. The van der Waals surface area contributed by atoms with Gasteiger partial charge in [-0.25, -0.2) is 13.1 Å². The van der Waals surface area contributed by atoms with E-state index in [-0.39, 0.29) is 24.4 Å². The van der Waals surface area contributed by atoms with Crippen molar-refractivity contribution in [3.05, 3.63) is 53.1 Å². The van der Waals surface area contributed by atoms with Gasteiger partial charge in [-0.1, -0.05) is 18.2 Å². The second-order valence-corrected chi connectivity index (χ2v) is 8.68. The van der Waals surface area contributed by atoms with Crippen LogP contribution in [0, 0.1) is 20.8 Å².